The number of aromatic nitrogens is 2. The molecule has 0 saturated heterocycles. The molecule has 28 heavy (non-hydrogen) atoms. The summed E-state index contributed by atoms with van der Waals surface area (Å²) in [5.41, 5.74) is 2.35. The Labute approximate surface area is 165 Å². The minimum atomic E-state index is -1.05. The van der Waals surface area contributed by atoms with E-state index in [1.54, 1.807) is 7.11 Å². The third-order valence-corrected chi connectivity index (χ3v) is 5.58. The van der Waals surface area contributed by atoms with Crippen LogP contribution in [0, 0.1) is 0 Å². The predicted octanol–water partition coefficient (Wildman–Crippen LogP) is 3.25. The lowest BCUT2D eigenvalue weighted by Crippen LogP contribution is -2.26. The zero-order chi connectivity index (χ0) is 19.7. The molecule has 1 aliphatic rings. The molecule has 0 unspecified atom stereocenters. The van der Waals surface area contributed by atoms with Crippen LogP contribution in [0.2, 0.25) is 0 Å². The molecule has 0 radical (unpaired) electrons. The van der Waals surface area contributed by atoms with Crippen LogP contribution in [0.15, 0.2) is 29.6 Å². The Kier molecular flexibility index (Phi) is 4.95. The van der Waals surface area contributed by atoms with E-state index in [0.717, 1.165) is 29.4 Å². The topological polar surface area (TPSA) is 101 Å². The van der Waals surface area contributed by atoms with Crippen molar-refractivity contribution in [2.45, 2.75) is 25.2 Å². The lowest BCUT2D eigenvalue weighted by Gasteiger charge is -2.11. The monoisotopic (exact) mass is 397 g/mol. The second kappa shape index (κ2) is 7.55. The molecule has 8 heteroatoms. The summed E-state index contributed by atoms with van der Waals surface area (Å²) in [6, 6.07) is 7.42. The SMILES string of the molecule is COc1ccc2nc(C3CC3)cc(C(=O)NCCc3nc(C(=O)O)cs3)c2c1. The van der Waals surface area contributed by atoms with Gasteiger partial charge in [-0.2, -0.15) is 0 Å². The first kappa shape index (κ1) is 18.4. The van der Waals surface area contributed by atoms with Crippen molar-refractivity contribution in [3.8, 4) is 5.75 Å². The summed E-state index contributed by atoms with van der Waals surface area (Å²) >= 11 is 1.28. The average molecular weight is 397 g/mol. The summed E-state index contributed by atoms with van der Waals surface area (Å²) in [4.78, 5) is 32.5. The Hall–Kier alpha value is -3.00. The molecule has 0 atom stereocenters. The molecule has 4 rings (SSSR count). The molecule has 2 N–H and O–H groups in total. The van der Waals surface area contributed by atoms with Gasteiger partial charge in [0.15, 0.2) is 5.69 Å². The van der Waals surface area contributed by atoms with Crippen molar-refractivity contribution in [3.63, 3.8) is 0 Å². The van der Waals surface area contributed by atoms with Gasteiger partial charge in [-0.05, 0) is 37.1 Å². The van der Waals surface area contributed by atoms with E-state index in [0.29, 0.717) is 35.2 Å². The van der Waals surface area contributed by atoms with Crippen molar-refractivity contribution >= 4 is 34.1 Å². The Morgan fingerprint density at radius 2 is 2.11 bits per heavy atom. The normalized spacial score (nSPS) is 13.5. The molecule has 1 fully saturated rings. The summed E-state index contributed by atoms with van der Waals surface area (Å²) in [5, 5.41) is 14.8. The fourth-order valence-corrected chi connectivity index (χ4v) is 3.80. The molecule has 2 aromatic heterocycles. The van der Waals surface area contributed by atoms with Crippen LogP contribution in [0.3, 0.4) is 0 Å². The maximum Gasteiger partial charge on any atom is 0.355 e. The number of carboxylic acid groups (broad SMARTS) is 1. The molecular weight excluding hydrogens is 378 g/mol. The van der Waals surface area contributed by atoms with Crippen molar-refractivity contribution < 1.29 is 19.4 Å². The first-order valence-corrected chi connectivity index (χ1v) is 9.87. The number of carboxylic acids is 1. The van der Waals surface area contributed by atoms with Gasteiger partial charge < -0.3 is 15.2 Å². The highest BCUT2D eigenvalue weighted by atomic mass is 32.1. The van der Waals surface area contributed by atoms with Gasteiger partial charge in [0.05, 0.1) is 23.2 Å². The molecule has 3 aromatic rings. The smallest absolute Gasteiger partial charge is 0.355 e. The van der Waals surface area contributed by atoms with Crippen molar-refractivity contribution in [3.05, 3.63) is 51.6 Å². The number of ether oxygens (including phenoxy) is 1. The van der Waals surface area contributed by atoms with E-state index < -0.39 is 5.97 Å². The third-order valence-electron chi connectivity index (χ3n) is 4.67. The Bertz CT molecular complexity index is 1060. The lowest BCUT2D eigenvalue weighted by molar-refractivity contribution is 0.0690. The number of rotatable bonds is 7. The molecule has 1 amide bonds. The van der Waals surface area contributed by atoms with E-state index in [-0.39, 0.29) is 11.6 Å². The minimum Gasteiger partial charge on any atom is -0.497 e. The van der Waals surface area contributed by atoms with E-state index in [1.165, 1.54) is 16.7 Å². The number of thiazole rings is 1. The van der Waals surface area contributed by atoms with Crippen LogP contribution in [-0.2, 0) is 6.42 Å². The van der Waals surface area contributed by atoms with Gasteiger partial charge in [-0.15, -0.1) is 11.3 Å². The number of carbonyl (C=O) groups is 2. The molecule has 1 aliphatic carbocycles. The second-order valence-electron chi connectivity index (χ2n) is 6.69. The number of hydrogen-bond donors (Lipinski definition) is 2. The van der Waals surface area contributed by atoms with Crippen molar-refractivity contribution in [2.75, 3.05) is 13.7 Å². The number of amides is 1. The molecule has 1 aromatic carbocycles. The number of benzene rings is 1. The number of hydrogen-bond acceptors (Lipinski definition) is 6. The molecule has 0 aliphatic heterocycles. The molecule has 0 bridgehead atoms. The van der Waals surface area contributed by atoms with Crippen LogP contribution >= 0.6 is 11.3 Å². The largest absolute Gasteiger partial charge is 0.497 e. The number of methoxy groups -OCH3 is 1. The highest BCUT2D eigenvalue weighted by molar-refractivity contribution is 7.09. The van der Waals surface area contributed by atoms with Crippen LogP contribution in [0.4, 0.5) is 0 Å². The van der Waals surface area contributed by atoms with Gasteiger partial charge in [-0.25, -0.2) is 9.78 Å². The fourth-order valence-electron chi connectivity index (χ4n) is 3.03. The van der Waals surface area contributed by atoms with Crippen LogP contribution in [-0.4, -0.2) is 40.6 Å². The zero-order valence-corrected chi connectivity index (χ0v) is 16.1. The maximum atomic E-state index is 12.9. The molecule has 7 nitrogen and oxygen atoms in total. The van der Waals surface area contributed by atoms with E-state index in [1.807, 2.05) is 24.3 Å². The third kappa shape index (κ3) is 3.82. The van der Waals surface area contributed by atoms with E-state index >= 15 is 0 Å². The van der Waals surface area contributed by atoms with Crippen molar-refractivity contribution in [2.24, 2.45) is 0 Å². The summed E-state index contributed by atoms with van der Waals surface area (Å²) in [5.74, 6) is -0.122. The molecule has 144 valence electrons. The van der Waals surface area contributed by atoms with Gasteiger partial charge in [0.25, 0.3) is 5.91 Å². The van der Waals surface area contributed by atoms with Crippen LogP contribution in [0.5, 0.6) is 5.75 Å². The number of fused-ring (bicyclic) bond motifs is 1. The number of aromatic carboxylic acids is 1. The van der Waals surface area contributed by atoms with E-state index in [2.05, 4.69) is 10.3 Å². The van der Waals surface area contributed by atoms with Crippen LogP contribution in [0.25, 0.3) is 10.9 Å². The van der Waals surface area contributed by atoms with Crippen LogP contribution < -0.4 is 10.1 Å². The Morgan fingerprint density at radius 1 is 1.29 bits per heavy atom. The second-order valence-corrected chi connectivity index (χ2v) is 7.63. The predicted molar refractivity (Wildman–Crippen MR) is 105 cm³/mol. The highest BCUT2D eigenvalue weighted by Crippen LogP contribution is 2.40. The van der Waals surface area contributed by atoms with Gasteiger partial charge in [0.1, 0.15) is 5.75 Å². The number of pyridine rings is 1. The minimum absolute atomic E-state index is 0.0348. The van der Waals surface area contributed by atoms with Gasteiger partial charge in [0, 0.05) is 35.3 Å². The summed E-state index contributed by atoms with van der Waals surface area (Å²) < 4.78 is 5.29. The zero-order valence-electron chi connectivity index (χ0n) is 15.3. The molecular formula is C20H19N3O4S. The van der Waals surface area contributed by atoms with Crippen molar-refractivity contribution in [1.29, 1.82) is 0 Å². The van der Waals surface area contributed by atoms with Crippen LogP contribution in [0.1, 0.15) is 50.3 Å². The Balaban J connectivity index is 1.54. The fraction of sp³-hybridized carbons (Fsp3) is 0.300. The highest BCUT2D eigenvalue weighted by Gasteiger charge is 2.27. The lowest BCUT2D eigenvalue weighted by atomic mass is 10.0. The molecule has 1 saturated carbocycles. The first-order chi connectivity index (χ1) is 13.5. The van der Waals surface area contributed by atoms with Gasteiger partial charge in [-0.1, -0.05) is 0 Å². The molecule has 2 heterocycles. The number of nitrogens with one attached hydrogen (secondary N) is 1. The standard InChI is InChI=1S/C20H19N3O4S/c1-27-12-4-5-15-13(8-12)14(9-16(22-15)11-2-3-11)19(24)21-7-6-18-23-17(10-28-18)20(25)26/h4-5,8-11H,2-3,6-7H2,1H3,(H,21,24)(H,25,26). The van der Waals surface area contributed by atoms with E-state index in [9.17, 15) is 9.59 Å². The quantitative estimate of drug-likeness (QED) is 0.635. The van der Waals surface area contributed by atoms with Gasteiger partial charge >= 0.3 is 5.97 Å². The van der Waals surface area contributed by atoms with Gasteiger partial charge in [0.2, 0.25) is 0 Å². The molecule has 0 spiro atoms. The summed E-state index contributed by atoms with van der Waals surface area (Å²) in [6.45, 7) is 0.373. The Morgan fingerprint density at radius 3 is 2.79 bits per heavy atom. The van der Waals surface area contributed by atoms with Crippen molar-refractivity contribution in [1.82, 2.24) is 15.3 Å². The maximum absolute atomic E-state index is 12.9. The van der Waals surface area contributed by atoms with E-state index in [4.69, 9.17) is 14.8 Å². The number of carbonyl (C=O) groups excluding carboxylic acids is 1. The first-order valence-electron chi connectivity index (χ1n) is 8.99. The summed E-state index contributed by atoms with van der Waals surface area (Å²) in [6.07, 6.45) is 2.68. The summed E-state index contributed by atoms with van der Waals surface area (Å²) in [7, 11) is 1.59. The average Bonchev–Trinajstić information content (AvgIpc) is 3.44. The van der Waals surface area contributed by atoms with Gasteiger partial charge in [-0.3, -0.25) is 9.78 Å². The number of nitrogens with zero attached hydrogens (tertiary/aromatic N) is 2.